The molecule has 0 unspecified atom stereocenters. The van der Waals surface area contributed by atoms with Crippen molar-refractivity contribution in [3.8, 4) is 0 Å². The van der Waals surface area contributed by atoms with E-state index in [9.17, 15) is 0 Å². The molecule has 0 aliphatic heterocycles. The topological polar surface area (TPSA) is 45.1 Å². The molecule has 0 aromatic carbocycles. The quantitative estimate of drug-likeness (QED) is 0.835. The molecule has 2 N–H and O–H groups in total. The Bertz CT molecular complexity index is 366. The maximum Gasteiger partial charge on any atom is 0.0982 e. The molecule has 104 valence electrons. The largest absolute Gasteiger partial charge is 0.396 e. The third-order valence-corrected chi connectivity index (χ3v) is 4.21. The summed E-state index contributed by atoms with van der Waals surface area (Å²) in [5.74, 6) is 0. The molecular weight excluding hydrogens is 244 g/mol. The van der Waals surface area contributed by atoms with Crippen molar-refractivity contribution >= 4 is 11.3 Å². The first-order valence-electron chi connectivity index (χ1n) is 6.51. The molecule has 1 aromatic heterocycles. The highest BCUT2D eigenvalue weighted by molar-refractivity contribution is 7.09. The lowest BCUT2D eigenvalue weighted by Crippen LogP contribution is -2.30. The molecule has 0 aliphatic rings. The normalized spacial score (nSPS) is 13.0. The molecule has 1 heterocycles. The third kappa shape index (κ3) is 5.04. The van der Waals surface area contributed by atoms with Crippen molar-refractivity contribution < 1.29 is 5.11 Å². The van der Waals surface area contributed by atoms with Gasteiger partial charge < -0.3 is 10.4 Å². The average molecular weight is 270 g/mol. The molecule has 18 heavy (non-hydrogen) atoms. The fourth-order valence-electron chi connectivity index (χ4n) is 1.65. The van der Waals surface area contributed by atoms with Crippen LogP contribution < -0.4 is 5.32 Å². The van der Waals surface area contributed by atoms with Crippen LogP contribution in [0.4, 0.5) is 0 Å². The minimum absolute atomic E-state index is 0.137. The highest BCUT2D eigenvalue weighted by Gasteiger charge is 2.19. The van der Waals surface area contributed by atoms with Gasteiger partial charge in [0.15, 0.2) is 0 Å². The maximum atomic E-state index is 8.97. The molecule has 4 heteroatoms. The van der Waals surface area contributed by atoms with Crippen molar-refractivity contribution in [3.63, 3.8) is 0 Å². The number of hydrogen-bond donors (Lipinski definition) is 2. The number of nitrogens with one attached hydrogen (secondary N) is 1. The minimum atomic E-state index is 0.137. The summed E-state index contributed by atoms with van der Waals surface area (Å²) in [4.78, 5) is 4.65. The molecule has 3 nitrogen and oxygen atoms in total. The number of rotatable bonds is 6. The number of aromatic nitrogens is 1. The summed E-state index contributed by atoms with van der Waals surface area (Å²) in [5.41, 5.74) is 1.39. The van der Waals surface area contributed by atoms with Crippen LogP contribution >= 0.6 is 11.3 Å². The molecule has 0 amide bonds. The van der Waals surface area contributed by atoms with Gasteiger partial charge in [0, 0.05) is 30.5 Å². The Kier molecular flexibility index (Phi) is 5.32. The van der Waals surface area contributed by atoms with Crippen molar-refractivity contribution in [2.75, 3.05) is 13.2 Å². The lowest BCUT2D eigenvalue weighted by molar-refractivity contribution is 0.207. The maximum absolute atomic E-state index is 8.97. The summed E-state index contributed by atoms with van der Waals surface area (Å²) < 4.78 is 0. The number of aliphatic hydroxyl groups excluding tert-OH is 1. The van der Waals surface area contributed by atoms with Gasteiger partial charge in [0.2, 0.25) is 0 Å². The second kappa shape index (κ2) is 6.13. The highest BCUT2D eigenvalue weighted by Crippen LogP contribution is 2.25. The molecule has 0 aliphatic carbocycles. The molecule has 0 spiro atoms. The van der Waals surface area contributed by atoms with E-state index in [1.807, 2.05) is 0 Å². The number of hydrogen-bond acceptors (Lipinski definition) is 4. The summed E-state index contributed by atoms with van der Waals surface area (Å²) in [6.07, 6.45) is 0.824. The molecule has 0 fully saturated rings. The standard InChI is InChI=1S/C14H26N2OS/c1-13(2,3)12-16-11(9-18-12)8-15-10-14(4,5)6-7-17/h9,15,17H,6-8,10H2,1-5H3. The summed E-state index contributed by atoms with van der Waals surface area (Å²) in [7, 11) is 0. The van der Waals surface area contributed by atoms with Gasteiger partial charge in [-0.1, -0.05) is 34.6 Å². The van der Waals surface area contributed by atoms with E-state index >= 15 is 0 Å². The molecule has 0 radical (unpaired) electrons. The van der Waals surface area contributed by atoms with E-state index in [1.165, 1.54) is 5.01 Å². The van der Waals surface area contributed by atoms with Crippen molar-refractivity contribution in [2.24, 2.45) is 5.41 Å². The van der Waals surface area contributed by atoms with Gasteiger partial charge in [-0.25, -0.2) is 4.98 Å². The molecule has 0 atom stereocenters. The van der Waals surface area contributed by atoms with Crippen LogP contribution in [0.1, 0.15) is 51.7 Å². The Morgan fingerprint density at radius 3 is 2.44 bits per heavy atom. The van der Waals surface area contributed by atoms with Gasteiger partial charge in [-0.15, -0.1) is 11.3 Å². The monoisotopic (exact) mass is 270 g/mol. The molecule has 1 aromatic rings. The van der Waals surface area contributed by atoms with Crippen LogP contribution in [-0.2, 0) is 12.0 Å². The Balaban J connectivity index is 2.43. The first-order valence-corrected chi connectivity index (χ1v) is 7.39. The molecule has 1 rings (SSSR count). The van der Waals surface area contributed by atoms with Crippen LogP contribution in [0.25, 0.3) is 0 Å². The van der Waals surface area contributed by atoms with E-state index in [0.717, 1.165) is 25.2 Å². The van der Waals surface area contributed by atoms with Gasteiger partial charge in [0.05, 0.1) is 10.7 Å². The summed E-state index contributed by atoms with van der Waals surface area (Å²) >= 11 is 1.73. The van der Waals surface area contributed by atoms with E-state index in [-0.39, 0.29) is 17.4 Å². The summed E-state index contributed by atoms with van der Waals surface area (Å²) in [5, 5.41) is 15.7. The van der Waals surface area contributed by atoms with Gasteiger partial charge in [-0.05, 0) is 11.8 Å². The van der Waals surface area contributed by atoms with E-state index in [0.29, 0.717) is 0 Å². The zero-order valence-electron chi connectivity index (χ0n) is 12.2. The molecular formula is C14H26N2OS. The van der Waals surface area contributed by atoms with Crippen LogP contribution in [0.3, 0.4) is 0 Å². The number of nitrogens with zero attached hydrogens (tertiary/aromatic N) is 1. The predicted octanol–water partition coefficient (Wildman–Crippen LogP) is 2.94. The first kappa shape index (κ1) is 15.6. The Morgan fingerprint density at radius 2 is 1.94 bits per heavy atom. The highest BCUT2D eigenvalue weighted by atomic mass is 32.1. The predicted molar refractivity (Wildman–Crippen MR) is 78.0 cm³/mol. The van der Waals surface area contributed by atoms with Crippen LogP contribution in [-0.4, -0.2) is 23.2 Å². The van der Waals surface area contributed by atoms with E-state index in [1.54, 1.807) is 11.3 Å². The molecule has 0 saturated carbocycles. The van der Waals surface area contributed by atoms with Gasteiger partial charge in [0.25, 0.3) is 0 Å². The SMILES string of the molecule is CC(C)(CCO)CNCc1csc(C(C)(C)C)n1. The summed E-state index contributed by atoms with van der Waals surface area (Å²) in [6.45, 7) is 12.8. The second-order valence-corrected chi connectivity index (χ2v) is 7.49. The van der Waals surface area contributed by atoms with Crippen LogP contribution in [0.15, 0.2) is 5.38 Å². The molecule has 0 bridgehead atoms. The number of thiazole rings is 1. The zero-order chi connectivity index (χ0) is 13.8. The van der Waals surface area contributed by atoms with E-state index < -0.39 is 0 Å². The molecule has 0 saturated heterocycles. The summed E-state index contributed by atoms with van der Waals surface area (Å²) in [6, 6.07) is 0. The van der Waals surface area contributed by atoms with Crippen LogP contribution in [0, 0.1) is 5.41 Å². The fraction of sp³-hybridized carbons (Fsp3) is 0.786. The van der Waals surface area contributed by atoms with E-state index in [2.05, 4.69) is 50.3 Å². The van der Waals surface area contributed by atoms with Gasteiger partial charge in [-0.2, -0.15) is 0 Å². The van der Waals surface area contributed by atoms with Gasteiger partial charge in [0.1, 0.15) is 0 Å². The smallest absolute Gasteiger partial charge is 0.0982 e. The van der Waals surface area contributed by atoms with Gasteiger partial charge >= 0.3 is 0 Å². The van der Waals surface area contributed by atoms with Crippen molar-refractivity contribution in [2.45, 2.75) is 53.0 Å². The fourth-order valence-corrected chi connectivity index (χ4v) is 2.56. The van der Waals surface area contributed by atoms with Crippen molar-refractivity contribution in [3.05, 3.63) is 16.1 Å². The zero-order valence-corrected chi connectivity index (χ0v) is 13.0. The van der Waals surface area contributed by atoms with Crippen LogP contribution in [0.5, 0.6) is 0 Å². The third-order valence-electron chi connectivity index (χ3n) is 2.89. The second-order valence-electron chi connectivity index (χ2n) is 6.64. The average Bonchev–Trinajstić information content (AvgIpc) is 2.65. The van der Waals surface area contributed by atoms with E-state index in [4.69, 9.17) is 5.11 Å². The first-order chi connectivity index (χ1) is 8.24. The lowest BCUT2D eigenvalue weighted by atomic mass is 9.90. The van der Waals surface area contributed by atoms with Crippen LogP contribution in [0.2, 0.25) is 0 Å². The minimum Gasteiger partial charge on any atom is -0.396 e. The Hall–Kier alpha value is -0.450. The lowest BCUT2D eigenvalue weighted by Gasteiger charge is -2.23. The van der Waals surface area contributed by atoms with Gasteiger partial charge in [-0.3, -0.25) is 0 Å². The van der Waals surface area contributed by atoms with Crippen molar-refractivity contribution in [1.82, 2.24) is 10.3 Å². The van der Waals surface area contributed by atoms with Crippen molar-refractivity contribution in [1.29, 1.82) is 0 Å². The number of aliphatic hydroxyl groups is 1. The Morgan fingerprint density at radius 1 is 1.28 bits per heavy atom. The Labute approximate surface area is 115 Å².